The minimum Gasteiger partial charge on any atom is -0.384 e. The standard InChI is InChI=1S/C9H13NO2S/c1-9(2,3)8(12)7(11)6-4-5-10-13-6/h4-5,8,12H,1-3H3. The van der Waals surface area contributed by atoms with Gasteiger partial charge in [0, 0.05) is 6.20 Å². The smallest absolute Gasteiger partial charge is 0.203 e. The summed E-state index contributed by atoms with van der Waals surface area (Å²) in [5.74, 6) is -0.241. The molecule has 1 heterocycles. The van der Waals surface area contributed by atoms with Gasteiger partial charge in [0.1, 0.15) is 6.10 Å². The van der Waals surface area contributed by atoms with Gasteiger partial charge in [0.2, 0.25) is 5.78 Å². The second-order valence-electron chi connectivity index (χ2n) is 4.01. The molecule has 0 aromatic carbocycles. The first kappa shape index (κ1) is 10.3. The fraction of sp³-hybridized carbons (Fsp3) is 0.556. The van der Waals surface area contributed by atoms with E-state index in [-0.39, 0.29) is 5.78 Å². The third kappa shape index (κ3) is 2.35. The minimum atomic E-state index is -0.951. The highest BCUT2D eigenvalue weighted by molar-refractivity contribution is 7.08. The van der Waals surface area contributed by atoms with E-state index in [2.05, 4.69) is 4.37 Å². The Kier molecular flexibility index (Phi) is 2.83. The molecule has 1 atom stereocenters. The van der Waals surface area contributed by atoms with Crippen molar-refractivity contribution in [3.8, 4) is 0 Å². The lowest BCUT2D eigenvalue weighted by Crippen LogP contribution is -2.33. The molecule has 0 radical (unpaired) electrons. The lowest BCUT2D eigenvalue weighted by molar-refractivity contribution is 0.0447. The predicted octanol–water partition coefficient (Wildman–Crippen LogP) is 1.73. The van der Waals surface area contributed by atoms with Gasteiger partial charge in [-0.15, -0.1) is 0 Å². The second kappa shape index (κ2) is 3.55. The van der Waals surface area contributed by atoms with Crippen molar-refractivity contribution >= 4 is 17.3 Å². The quantitative estimate of drug-likeness (QED) is 0.738. The van der Waals surface area contributed by atoms with E-state index in [4.69, 9.17) is 0 Å². The summed E-state index contributed by atoms with van der Waals surface area (Å²) < 4.78 is 3.82. The van der Waals surface area contributed by atoms with Crippen molar-refractivity contribution in [2.24, 2.45) is 5.41 Å². The monoisotopic (exact) mass is 199 g/mol. The topological polar surface area (TPSA) is 50.2 Å². The van der Waals surface area contributed by atoms with Crippen LogP contribution in [0.3, 0.4) is 0 Å². The molecule has 1 unspecified atom stereocenters. The van der Waals surface area contributed by atoms with Gasteiger partial charge >= 0.3 is 0 Å². The zero-order chi connectivity index (χ0) is 10.1. The average molecular weight is 199 g/mol. The molecule has 0 saturated carbocycles. The van der Waals surface area contributed by atoms with E-state index in [9.17, 15) is 9.90 Å². The number of Topliss-reactive ketones (excluding diaryl/α,β-unsaturated/α-hetero) is 1. The van der Waals surface area contributed by atoms with Crippen molar-refractivity contribution in [2.75, 3.05) is 0 Å². The Morgan fingerprint density at radius 2 is 2.23 bits per heavy atom. The fourth-order valence-electron chi connectivity index (χ4n) is 0.871. The number of carbonyl (C=O) groups is 1. The molecule has 0 aliphatic carbocycles. The third-order valence-corrected chi connectivity index (χ3v) is 2.51. The lowest BCUT2D eigenvalue weighted by Gasteiger charge is -2.23. The molecule has 72 valence electrons. The van der Waals surface area contributed by atoms with E-state index in [0.29, 0.717) is 4.88 Å². The number of aliphatic hydroxyl groups is 1. The van der Waals surface area contributed by atoms with E-state index in [0.717, 1.165) is 11.5 Å². The van der Waals surface area contributed by atoms with Crippen LogP contribution in [-0.2, 0) is 0 Å². The van der Waals surface area contributed by atoms with Gasteiger partial charge in [0.15, 0.2) is 0 Å². The molecule has 0 aliphatic rings. The van der Waals surface area contributed by atoms with Crippen LogP contribution >= 0.6 is 11.5 Å². The summed E-state index contributed by atoms with van der Waals surface area (Å²) in [5.41, 5.74) is -0.416. The van der Waals surface area contributed by atoms with Gasteiger partial charge < -0.3 is 5.11 Å². The Morgan fingerprint density at radius 3 is 2.62 bits per heavy atom. The van der Waals surface area contributed by atoms with Crippen molar-refractivity contribution in [1.29, 1.82) is 0 Å². The van der Waals surface area contributed by atoms with Crippen LogP contribution in [0, 0.1) is 5.41 Å². The summed E-state index contributed by atoms with van der Waals surface area (Å²) in [5, 5.41) is 9.66. The SMILES string of the molecule is CC(C)(C)C(O)C(=O)c1ccns1. The van der Waals surface area contributed by atoms with Crippen LogP contribution in [0.15, 0.2) is 12.3 Å². The molecule has 0 aliphatic heterocycles. The second-order valence-corrected chi connectivity index (χ2v) is 4.84. The molecule has 1 aromatic heterocycles. The van der Waals surface area contributed by atoms with Crippen LogP contribution in [0.5, 0.6) is 0 Å². The van der Waals surface area contributed by atoms with Crippen LogP contribution in [0.2, 0.25) is 0 Å². The zero-order valence-electron chi connectivity index (χ0n) is 7.94. The first-order chi connectivity index (χ1) is 5.93. The summed E-state index contributed by atoms with van der Waals surface area (Å²) in [6, 6.07) is 1.63. The lowest BCUT2D eigenvalue weighted by atomic mass is 9.86. The summed E-state index contributed by atoms with van der Waals surface area (Å²) in [4.78, 5) is 12.1. The highest BCUT2D eigenvalue weighted by Gasteiger charge is 2.30. The van der Waals surface area contributed by atoms with Gasteiger partial charge in [-0.2, -0.15) is 0 Å². The number of aliphatic hydroxyl groups excluding tert-OH is 1. The summed E-state index contributed by atoms with van der Waals surface area (Å²) in [7, 11) is 0. The van der Waals surface area contributed by atoms with Gasteiger partial charge in [-0.1, -0.05) is 20.8 Å². The van der Waals surface area contributed by atoms with Crippen molar-refractivity contribution in [3.63, 3.8) is 0 Å². The van der Waals surface area contributed by atoms with Crippen molar-refractivity contribution < 1.29 is 9.90 Å². The summed E-state index contributed by atoms with van der Waals surface area (Å²) in [6.45, 7) is 5.49. The van der Waals surface area contributed by atoms with Crippen LogP contribution in [0.1, 0.15) is 30.4 Å². The van der Waals surface area contributed by atoms with Crippen molar-refractivity contribution in [3.05, 3.63) is 17.1 Å². The molecule has 0 bridgehead atoms. The van der Waals surface area contributed by atoms with Crippen LogP contribution < -0.4 is 0 Å². The van der Waals surface area contributed by atoms with E-state index in [1.165, 1.54) is 0 Å². The maximum Gasteiger partial charge on any atom is 0.203 e. The first-order valence-corrected chi connectivity index (χ1v) is 4.83. The van der Waals surface area contributed by atoms with Crippen LogP contribution in [-0.4, -0.2) is 21.4 Å². The molecule has 1 aromatic rings. The van der Waals surface area contributed by atoms with Gasteiger partial charge in [-0.25, -0.2) is 4.37 Å². The Bertz CT molecular complexity index is 287. The van der Waals surface area contributed by atoms with Gasteiger partial charge in [0.05, 0.1) is 4.88 Å². The number of hydrogen-bond acceptors (Lipinski definition) is 4. The number of aromatic nitrogens is 1. The summed E-state index contributed by atoms with van der Waals surface area (Å²) in [6.07, 6.45) is 0.612. The number of ketones is 1. The largest absolute Gasteiger partial charge is 0.384 e. The Hall–Kier alpha value is -0.740. The molecular weight excluding hydrogens is 186 g/mol. The van der Waals surface area contributed by atoms with Crippen molar-refractivity contribution in [1.82, 2.24) is 4.37 Å². The molecule has 1 N–H and O–H groups in total. The first-order valence-electron chi connectivity index (χ1n) is 4.06. The molecule has 0 fully saturated rings. The molecule has 0 amide bonds. The number of nitrogens with zero attached hydrogens (tertiary/aromatic N) is 1. The van der Waals surface area contributed by atoms with E-state index in [1.54, 1.807) is 12.3 Å². The molecule has 4 heteroatoms. The maximum atomic E-state index is 11.6. The minimum absolute atomic E-state index is 0.241. The van der Waals surface area contributed by atoms with Crippen LogP contribution in [0.4, 0.5) is 0 Å². The summed E-state index contributed by atoms with van der Waals surface area (Å²) >= 11 is 1.12. The maximum absolute atomic E-state index is 11.6. The van der Waals surface area contributed by atoms with Crippen molar-refractivity contribution in [2.45, 2.75) is 26.9 Å². The van der Waals surface area contributed by atoms with Gasteiger partial charge in [0.25, 0.3) is 0 Å². The molecule has 0 saturated heterocycles. The Morgan fingerprint density at radius 1 is 1.62 bits per heavy atom. The fourth-order valence-corrected chi connectivity index (χ4v) is 1.43. The molecule has 13 heavy (non-hydrogen) atoms. The molecule has 1 rings (SSSR count). The highest BCUT2D eigenvalue weighted by atomic mass is 32.1. The van der Waals surface area contributed by atoms with E-state index >= 15 is 0 Å². The Balaban J connectivity index is 2.81. The van der Waals surface area contributed by atoms with Gasteiger partial charge in [-0.05, 0) is 23.0 Å². The highest BCUT2D eigenvalue weighted by Crippen LogP contribution is 2.23. The zero-order valence-corrected chi connectivity index (χ0v) is 8.76. The van der Waals surface area contributed by atoms with Crippen LogP contribution in [0.25, 0.3) is 0 Å². The average Bonchev–Trinajstić information content (AvgIpc) is 2.51. The molecule has 0 spiro atoms. The Labute approximate surface area is 81.6 Å². The number of rotatable bonds is 2. The van der Waals surface area contributed by atoms with E-state index < -0.39 is 11.5 Å². The normalized spacial score (nSPS) is 14.2. The number of carbonyl (C=O) groups excluding carboxylic acids is 1. The predicted molar refractivity (Wildman–Crippen MR) is 51.9 cm³/mol. The van der Waals surface area contributed by atoms with Gasteiger partial charge in [-0.3, -0.25) is 4.79 Å². The third-order valence-electron chi connectivity index (χ3n) is 1.75. The molecular formula is C9H13NO2S. The molecule has 3 nitrogen and oxygen atoms in total. The van der Waals surface area contributed by atoms with E-state index in [1.807, 2.05) is 20.8 Å². The number of hydrogen-bond donors (Lipinski definition) is 1.